The number of nitrogens with one attached hydrogen (secondary N) is 1. The molecule has 0 unspecified atom stereocenters. The summed E-state index contributed by atoms with van der Waals surface area (Å²) in [5.41, 5.74) is 0.927. The fraction of sp³-hybridized carbons (Fsp3) is 0.526. The first-order valence-electron chi connectivity index (χ1n) is 9.05. The Morgan fingerprint density at radius 2 is 2.08 bits per heavy atom. The number of anilines is 1. The van der Waals surface area contributed by atoms with Crippen molar-refractivity contribution in [3.05, 3.63) is 23.8 Å². The normalized spacial score (nSPS) is 27.0. The number of carbonyl (C=O) groups excluding carboxylic acids is 3. The molecule has 2 heterocycles. The summed E-state index contributed by atoms with van der Waals surface area (Å²) >= 11 is 0. The summed E-state index contributed by atoms with van der Waals surface area (Å²) in [4.78, 5) is 38.8. The summed E-state index contributed by atoms with van der Waals surface area (Å²) in [5, 5.41) is 2.72. The van der Waals surface area contributed by atoms with Gasteiger partial charge in [-0.05, 0) is 43.4 Å². The first kappa shape index (κ1) is 16.9. The van der Waals surface area contributed by atoms with Gasteiger partial charge in [-0.1, -0.05) is 12.8 Å². The highest BCUT2D eigenvalue weighted by molar-refractivity contribution is 6.01. The van der Waals surface area contributed by atoms with Crippen LogP contribution in [-0.2, 0) is 14.3 Å². The molecule has 1 aromatic rings. The summed E-state index contributed by atoms with van der Waals surface area (Å²) in [6.07, 6.45) is 4.81. The Bertz CT molecular complexity index is 762. The van der Waals surface area contributed by atoms with Gasteiger partial charge in [0.2, 0.25) is 0 Å². The third-order valence-corrected chi connectivity index (χ3v) is 5.66. The molecule has 0 bridgehead atoms. The monoisotopic (exact) mass is 358 g/mol. The molecule has 1 saturated heterocycles. The van der Waals surface area contributed by atoms with Gasteiger partial charge in [0.25, 0.3) is 11.8 Å². The molecule has 4 rings (SSSR count). The number of methoxy groups -OCH3 is 1. The molecule has 138 valence electrons. The molecule has 1 N–H and O–H groups in total. The van der Waals surface area contributed by atoms with Gasteiger partial charge in [0.15, 0.2) is 6.61 Å². The van der Waals surface area contributed by atoms with Crippen LogP contribution in [0.15, 0.2) is 18.2 Å². The van der Waals surface area contributed by atoms with E-state index in [0.717, 1.165) is 25.7 Å². The Kier molecular flexibility index (Phi) is 4.30. The lowest BCUT2D eigenvalue weighted by atomic mass is 9.84. The zero-order chi connectivity index (χ0) is 18.3. The van der Waals surface area contributed by atoms with Crippen LogP contribution in [0.3, 0.4) is 0 Å². The Morgan fingerprint density at radius 1 is 1.27 bits per heavy atom. The number of esters is 1. The van der Waals surface area contributed by atoms with Gasteiger partial charge >= 0.3 is 5.97 Å². The van der Waals surface area contributed by atoms with E-state index in [1.54, 1.807) is 23.1 Å². The van der Waals surface area contributed by atoms with Gasteiger partial charge in [0.1, 0.15) is 11.8 Å². The second-order valence-electron chi connectivity index (χ2n) is 7.15. The van der Waals surface area contributed by atoms with E-state index >= 15 is 0 Å². The predicted octanol–water partition coefficient (Wildman–Crippen LogP) is 1.96. The third kappa shape index (κ3) is 2.81. The number of benzene rings is 1. The molecule has 0 aromatic heterocycles. The number of amides is 2. The molecule has 26 heavy (non-hydrogen) atoms. The minimum absolute atomic E-state index is 0.0272. The highest BCUT2D eigenvalue weighted by Crippen LogP contribution is 2.41. The van der Waals surface area contributed by atoms with Crippen LogP contribution >= 0.6 is 0 Å². The summed E-state index contributed by atoms with van der Waals surface area (Å²) in [6, 6.07) is 4.52. The largest absolute Gasteiger partial charge is 0.482 e. The number of hydrogen-bond donors (Lipinski definition) is 1. The number of hydrogen-bond acceptors (Lipinski definition) is 5. The van der Waals surface area contributed by atoms with Crippen LogP contribution in [0.25, 0.3) is 0 Å². The number of carbonyl (C=O) groups is 3. The molecule has 2 amide bonds. The molecular formula is C19H22N2O5. The van der Waals surface area contributed by atoms with Gasteiger partial charge in [-0.25, -0.2) is 4.79 Å². The first-order chi connectivity index (χ1) is 12.6. The lowest BCUT2D eigenvalue weighted by molar-refractivity contribution is -0.145. The van der Waals surface area contributed by atoms with Crippen molar-refractivity contribution >= 4 is 23.5 Å². The molecule has 2 aliphatic heterocycles. The minimum Gasteiger partial charge on any atom is -0.482 e. The predicted molar refractivity (Wildman–Crippen MR) is 92.9 cm³/mol. The Balaban J connectivity index is 1.65. The number of fused-ring (bicyclic) bond motifs is 2. The molecule has 3 aliphatic rings. The van der Waals surface area contributed by atoms with Gasteiger partial charge in [-0.3, -0.25) is 9.59 Å². The molecule has 3 atom stereocenters. The van der Waals surface area contributed by atoms with Crippen LogP contribution in [-0.4, -0.2) is 48.5 Å². The van der Waals surface area contributed by atoms with Crippen LogP contribution in [0.1, 0.15) is 42.5 Å². The molecule has 2 fully saturated rings. The van der Waals surface area contributed by atoms with Crippen LogP contribution in [0.4, 0.5) is 5.69 Å². The van der Waals surface area contributed by atoms with E-state index in [1.165, 1.54) is 7.11 Å². The summed E-state index contributed by atoms with van der Waals surface area (Å²) in [6.45, 7) is -0.0272. The molecule has 1 aromatic carbocycles. The standard InChI is InChI=1S/C19H22N2O5/c1-25-19(24)15-9-11-4-2-3-5-14(11)21(15)18(23)12-6-7-16-13(8-12)20-17(22)10-26-16/h6-8,11,14-15H,2-5,9-10H2,1H3,(H,20,22)/t11-,14+,15-/m0/s1. The second kappa shape index (κ2) is 6.63. The highest BCUT2D eigenvalue weighted by Gasteiger charge is 2.48. The molecule has 1 saturated carbocycles. The van der Waals surface area contributed by atoms with Gasteiger partial charge in [-0.15, -0.1) is 0 Å². The van der Waals surface area contributed by atoms with E-state index < -0.39 is 6.04 Å². The van der Waals surface area contributed by atoms with Crippen molar-refractivity contribution < 1.29 is 23.9 Å². The molecule has 0 radical (unpaired) electrons. The van der Waals surface area contributed by atoms with Crippen molar-refractivity contribution in [2.24, 2.45) is 5.92 Å². The first-order valence-corrected chi connectivity index (χ1v) is 9.05. The van der Waals surface area contributed by atoms with E-state index in [-0.39, 0.29) is 30.4 Å². The van der Waals surface area contributed by atoms with Crippen LogP contribution in [0, 0.1) is 5.92 Å². The molecular weight excluding hydrogens is 336 g/mol. The highest BCUT2D eigenvalue weighted by atomic mass is 16.5. The number of likely N-dealkylation sites (tertiary alicyclic amines) is 1. The van der Waals surface area contributed by atoms with E-state index in [4.69, 9.17) is 9.47 Å². The number of ether oxygens (including phenoxy) is 2. The second-order valence-corrected chi connectivity index (χ2v) is 7.15. The lowest BCUT2D eigenvalue weighted by Gasteiger charge is -2.33. The van der Waals surface area contributed by atoms with Gasteiger partial charge in [0.05, 0.1) is 12.8 Å². The average Bonchev–Trinajstić information content (AvgIpc) is 3.05. The van der Waals surface area contributed by atoms with Gasteiger partial charge in [-0.2, -0.15) is 0 Å². The van der Waals surface area contributed by atoms with Gasteiger partial charge < -0.3 is 19.7 Å². The van der Waals surface area contributed by atoms with E-state index in [9.17, 15) is 14.4 Å². The third-order valence-electron chi connectivity index (χ3n) is 5.66. The van der Waals surface area contributed by atoms with E-state index in [2.05, 4.69) is 5.32 Å². The summed E-state index contributed by atoms with van der Waals surface area (Å²) in [5.74, 6) is 0.0860. The van der Waals surface area contributed by atoms with Crippen molar-refractivity contribution in [2.45, 2.75) is 44.2 Å². The van der Waals surface area contributed by atoms with Crippen molar-refractivity contribution in [1.82, 2.24) is 4.90 Å². The zero-order valence-electron chi connectivity index (χ0n) is 14.7. The smallest absolute Gasteiger partial charge is 0.328 e. The van der Waals surface area contributed by atoms with Crippen molar-refractivity contribution in [3.8, 4) is 5.75 Å². The fourth-order valence-corrected chi connectivity index (χ4v) is 4.46. The minimum atomic E-state index is -0.539. The Morgan fingerprint density at radius 3 is 2.88 bits per heavy atom. The molecule has 7 nitrogen and oxygen atoms in total. The van der Waals surface area contributed by atoms with Crippen molar-refractivity contribution in [1.29, 1.82) is 0 Å². The quantitative estimate of drug-likeness (QED) is 0.817. The Labute approximate surface area is 151 Å². The van der Waals surface area contributed by atoms with Crippen molar-refractivity contribution in [2.75, 3.05) is 19.0 Å². The van der Waals surface area contributed by atoms with Crippen LogP contribution < -0.4 is 10.1 Å². The number of nitrogens with zero attached hydrogens (tertiary/aromatic N) is 1. The molecule has 0 spiro atoms. The molecule has 1 aliphatic carbocycles. The maximum absolute atomic E-state index is 13.3. The molecule has 7 heteroatoms. The maximum atomic E-state index is 13.3. The lowest BCUT2D eigenvalue weighted by Crippen LogP contribution is -2.46. The average molecular weight is 358 g/mol. The SMILES string of the molecule is COC(=O)[C@@H]1C[C@@H]2CCCC[C@H]2N1C(=O)c1ccc2c(c1)NC(=O)CO2. The topological polar surface area (TPSA) is 84.9 Å². The van der Waals surface area contributed by atoms with E-state index in [1.807, 2.05) is 0 Å². The summed E-state index contributed by atoms with van der Waals surface area (Å²) in [7, 11) is 1.36. The van der Waals surface area contributed by atoms with E-state index in [0.29, 0.717) is 29.3 Å². The van der Waals surface area contributed by atoms with Crippen LogP contribution in [0.2, 0.25) is 0 Å². The maximum Gasteiger partial charge on any atom is 0.328 e. The van der Waals surface area contributed by atoms with Gasteiger partial charge in [0, 0.05) is 11.6 Å². The summed E-state index contributed by atoms with van der Waals surface area (Å²) < 4.78 is 10.3. The number of rotatable bonds is 2. The van der Waals surface area contributed by atoms with Crippen molar-refractivity contribution in [3.63, 3.8) is 0 Å². The van der Waals surface area contributed by atoms with Crippen LogP contribution in [0.5, 0.6) is 5.75 Å². The zero-order valence-corrected chi connectivity index (χ0v) is 14.7. The fourth-order valence-electron chi connectivity index (χ4n) is 4.46. The Hall–Kier alpha value is -2.57.